The second-order valence-corrected chi connectivity index (χ2v) is 11.4. The Balaban J connectivity index is 1.28. The molecule has 3 aromatic carbocycles. The van der Waals surface area contributed by atoms with E-state index in [9.17, 15) is 18.0 Å². The summed E-state index contributed by atoms with van der Waals surface area (Å²) in [7, 11) is -3.65. The predicted molar refractivity (Wildman–Crippen MR) is 144 cm³/mol. The van der Waals surface area contributed by atoms with E-state index in [-0.39, 0.29) is 22.3 Å². The van der Waals surface area contributed by atoms with Crippen LogP contribution in [0.15, 0.2) is 94.0 Å². The average Bonchev–Trinajstić information content (AvgIpc) is 2.91. The van der Waals surface area contributed by atoms with Crippen molar-refractivity contribution in [2.24, 2.45) is 22.1 Å². The third kappa shape index (κ3) is 7.11. The zero-order valence-corrected chi connectivity index (χ0v) is 22.1. The Labute approximate surface area is 222 Å². The Morgan fingerprint density at radius 1 is 0.868 bits per heavy atom. The number of azo groups is 1. The molecular weight excluding hydrogens is 504 g/mol. The van der Waals surface area contributed by atoms with Crippen LogP contribution < -0.4 is 5.32 Å². The fraction of sp³-hybridized carbons (Fsp3) is 0.286. The van der Waals surface area contributed by atoms with E-state index in [0.717, 1.165) is 12.1 Å². The van der Waals surface area contributed by atoms with Crippen LogP contribution >= 0.6 is 0 Å². The molecule has 0 spiro atoms. The Hall–Kier alpha value is -3.89. The smallest absolute Gasteiger partial charge is 0.338 e. The largest absolute Gasteiger partial charge is 0.452 e. The van der Waals surface area contributed by atoms with Gasteiger partial charge in [0, 0.05) is 18.8 Å². The first-order valence-corrected chi connectivity index (χ1v) is 13.8. The molecule has 1 aliphatic rings. The first kappa shape index (κ1) is 27.2. The number of anilines is 1. The number of carbonyl (C=O) groups excluding carboxylic acids is 2. The molecule has 1 N–H and O–H groups in total. The number of rotatable bonds is 8. The van der Waals surface area contributed by atoms with Gasteiger partial charge in [-0.05, 0) is 78.9 Å². The molecule has 3 aromatic rings. The van der Waals surface area contributed by atoms with Crippen LogP contribution in [0.5, 0.6) is 0 Å². The molecule has 0 aromatic heterocycles. The Morgan fingerprint density at radius 3 is 2.05 bits per heavy atom. The number of carbonyl (C=O) groups is 2. The summed E-state index contributed by atoms with van der Waals surface area (Å²) in [6.07, 6.45) is 0.997. The summed E-state index contributed by atoms with van der Waals surface area (Å²) in [6, 6.07) is 21.6. The Morgan fingerprint density at radius 2 is 1.45 bits per heavy atom. The monoisotopic (exact) mass is 534 g/mol. The van der Waals surface area contributed by atoms with Gasteiger partial charge in [0.05, 0.1) is 21.8 Å². The van der Waals surface area contributed by atoms with E-state index in [0.29, 0.717) is 24.5 Å². The van der Waals surface area contributed by atoms with E-state index >= 15 is 0 Å². The number of hydrogen-bond donors (Lipinski definition) is 1. The molecule has 198 valence electrons. The molecule has 2 atom stereocenters. The Bertz CT molecular complexity index is 1380. The number of esters is 1. The van der Waals surface area contributed by atoms with E-state index < -0.39 is 28.5 Å². The third-order valence-corrected chi connectivity index (χ3v) is 7.93. The summed E-state index contributed by atoms with van der Waals surface area (Å²) in [5.41, 5.74) is 2.02. The summed E-state index contributed by atoms with van der Waals surface area (Å²) in [4.78, 5) is 24.8. The molecule has 0 radical (unpaired) electrons. The van der Waals surface area contributed by atoms with Crippen molar-refractivity contribution in [1.82, 2.24) is 4.31 Å². The molecule has 2 unspecified atom stereocenters. The lowest BCUT2D eigenvalue weighted by Crippen LogP contribution is -2.42. The summed E-state index contributed by atoms with van der Waals surface area (Å²) in [6.45, 7) is 4.56. The minimum Gasteiger partial charge on any atom is -0.452 e. The maximum atomic E-state index is 13.0. The van der Waals surface area contributed by atoms with Gasteiger partial charge in [-0.2, -0.15) is 14.5 Å². The van der Waals surface area contributed by atoms with Crippen LogP contribution in [-0.2, 0) is 19.6 Å². The summed E-state index contributed by atoms with van der Waals surface area (Å²) in [5.74, 6) is -0.653. The molecule has 9 nitrogen and oxygen atoms in total. The minimum absolute atomic E-state index is 0.125. The van der Waals surface area contributed by atoms with Crippen molar-refractivity contribution in [3.63, 3.8) is 0 Å². The van der Waals surface area contributed by atoms with Crippen LogP contribution in [0.4, 0.5) is 17.1 Å². The van der Waals surface area contributed by atoms with Gasteiger partial charge in [-0.3, -0.25) is 4.79 Å². The van der Waals surface area contributed by atoms with Crippen molar-refractivity contribution in [2.45, 2.75) is 25.2 Å². The highest BCUT2D eigenvalue weighted by atomic mass is 32.2. The number of nitrogens with one attached hydrogen (secondary N) is 1. The molecule has 4 rings (SSSR count). The molecule has 0 bridgehead atoms. The molecule has 1 heterocycles. The molecular formula is C28H30N4O5S. The van der Waals surface area contributed by atoms with Gasteiger partial charge in [-0.1, -0.05) is 32.0 Å². The summed E-state index contributed by atoms with van der Waals surface area (Å²) in [5, 5.41) is 10.9. The van der Waals surface area contributed by atoms with E-state index in [1.807, 2.05) is 44.2 Å². The molecule has 10 heteroatoms. The first-order valence-electron chi connectivity index (χ1n) is 12.3. The van der Waals surface area contributed by atoms with Gasteiger partial charge in [-0.15, -0.1) is 0 Å². The van der Waals surface area contributed by atoms with Crippen molar-refractivity contribution in [3.8, 4) is 0 Å². The van der Waals surface area contributed by atoms with Gasteiger partial charge < -0.3 is 10.1 Å². The van der Waals surface area contributed by atoms with E-state index in [1.165, 1.54) is 28.6 Å². The van der Waals surface area contributed by atoms with Gasteiger partial charge in [-0.25, -0.2) is 13.2 Å². The number of nitrogens with zero attached hydrogens (tertiary/aromatic N) is 3. The van der Waals surface area contributed by atoms with Crippen LogP contribution in [0.3, 0.4) is 0 Å². The SMILES string of the molecule is CC1CC(C)CN(S(=O)(=O)c2ccc(C(=O)OCC(=O)Nc3ccc(N=Nc4ccccc4)cc3)cc2)C1. The van der Waals surface area contributed by atoms with E-state index in [1.54, 1.807) is 24.3 Å². The maximum Gasteiger partial charge on any atom is 0.338 e. The second kappa shape index (κ2) is 12.1. The summed E-state index contributed by atoms with van der Waals surface area (Å²) < 4.78 is 32.6. The third-order valence-electron chi connectivity index (χ3n) is 6.09. The van der Waals surface area contributed by atoms with E-state index in [2.05, 4.69) is 15.5 Å². The van der Waals surface area contributed by atoms with Gasteiger partial charge >= 0.3 is 5.97 Å². The molecule has 1 aliphatic heterocycles. The topological polar surface area (TPSA) is 118 Å². The zero-order valence-electron chi connectivity index (χ0n) is 21.3. The average molecular weight is 535 g/mol. The van der Waals surface area contributed by atoms with Gasteiger partial charge in [0.1, 0.15) is 0 Å². The molecule has 0 saturated carbocycles. The van der Waals surface area contributed by atoms with Crippen LogP contribution in [0.1, 0.15) is 30.6 Å². The van der Waals surface area contributed by atoms with Crippen LogP contribution in [0, 0.1) is 11.8 Å². The number of hydrogen-bond acceptors (Lipinski definition) is 7. The Kier molecular flexibility index (Phi) is 8.65. The van der Waals surface area contributed by atoms with Crippen molar-refractivity contribution in [1.29, 1.82) is 0 Å². The number of ether oxygens (including phenoxy) is 1. The minimum atomic E-state index is -3.65. The van der Waals surface area contributed by atoms with Crippen LogP contribution in [0.25, 0.3) is 0 Å². The lowest BCUT2D eigenvalue weighted by Gasteiger charge is -2.34. The normalized spacial score (nSPS) is 18.3. The lowest BCUT2D eigenvalue weighted by molar-refractivity contribution is -0.119. The standard InChI is InChI=1S/C28H30N4O5S/c1-20-16-21(2)18-32(17-20)38(35,36)26-14-8-22(9-15-26)28(34)37-19-27(33)29-23-10-12-25(13-11-23)31-30-24-6-4-3-5-7-24/h3-15,20-21H,16-19H2,1-2H3,(H,29,33). The number of amides is 1. The quantitative estimate of drug-likeness (QED) is 0.300. The van der Waals surface area contributed by atoms with Crippen molar-refractivity contribution in [2.75, 3.05) is 25.0 Å². The maximum absolute atomic E-state index is 13.0. The van der Waals surface area contributed by atoms with Gasteiger partial charge in [0.25, 0.3) is 5.91 Å². The highest BCUT2D eigenvalue weighted by Gasteiger charge is 2.31. The fourth-order valence-corrected chi connectivity index (χ4v) is 6.03. The lowest BCUT2D eigenvalue weighted by atomic mass is 9.94. The van der Waals surface area contributed by atoms with Crippen LogP contribution in [0.2, 0.25) is 0 Å². The molecule has 0 aliphatic carbocycles. The van der Waals surface area contributed by atoms with E-state index in [4.69, 9.17) is 4.74 Å². The fourth-order valence-electron chi connectivity index (χ4n) is 4.35. The number of sulfonamides is 1. The van der Waals surface area contributed by atoms with Crippen molar-refractivity contribution < 1.29 is 22.7 Å². The van der Waals surface area contributed by atoms with Crippen LogP contribution in [-0.4, -0.2) is 44.3 Å². The number of piperidine rings is 1. The zero-order chi connectivity index (χ0) is 27.1. The van der Waals surface area contributed by atoms with Crippen molar-refractivity contribution >= 4 is 39.0 Å². The van der Waals surface area contributed by atoms with Gasteiger partial charge in [0.2, 0.25) is 10.0 Å². The molecule has 38 heavy (non-hydrogen) atoms. The predicted octanol–water partition coefficient (Wildman–Crippen LogP) is 5.56. The first-order chi connectivity index (χ1) is 18.2. The molecule has 1 saturated heterocycles. The molecule has 1 fully saturated rings. The number of benzene rings is 3. The second-order valence-electron chi connectivity index (χ2n) is 9.50. The van der Waals surface area contributed by atoms with Gasteiger partial charge in [0.15, 0.2) is 6.61 Å². The highest BCUT2D eigenvalue weighted by Crippen LogP contribution is 2.27. The highest BCUT2D eigenvalue weighted by molar-refractivity contribution is 7.89. The molecule has 1 amide bonds. The van der Waals surface area contributed by atoms with Crippen molar-refractivity contribution in [3.05, 3.63) is 84.4 Å². The summed E-state index contributed by atoms with van der Waals surface area (Å²) >= 11 is 0.